The molecular weight excluding hydrogens is 136 g/mol. The van der Waals surface area contributed by atoms with Crippen LogP contribution in [-0.2, 0) is 0 Å². The van der Waals surface area contributed by atoms with Crippen LogP contribution in [0.15, 0.2) is 0 Å². The fraction of sp³-hybridized carbons (Fsp3) is 1.00. The van der Waals surface area contributed by atoms with E-state index in [1.807, 2.05) is 0 Å². The van der Waals surface area contributed by atoms with Crippen LogP contribution in [0.3, 0.4) is 0 Å². The second-order valence-corrected chi connectivity index (χ2v) is 4.08. The molecule has 0 aromatic carbocycles. The molecule has 0 aromatic rings. The van der Waals surface area contributed by atoms with Crippen LogP contribution >= 0.6 is 0 Å². The zero-order valence-electron chi connectivity index (χ0n) is 7.27. The molecule has 2 fully saturated rings. The van der Waals surface area contributed by atoms with Gasteiger partial charge in [0.25, 0.3) is 0 Å². The Morgan fingerprint density at radius 2 is 2.18 bits per heavy atom. The van der Waals surface area contributed by atoms with Crippen molar-refractivity contribution in [1.82, 2.24) is 10.6 Å². The predicted octanol–water partition coefficient (Wildman–Crippen LogP) is 0.594. The van der Waals surface area contributed by atoms with Gasteiger partial charge in [-0.1, -0.05) is 6.92 Å². The lowest BCUT2D eigenvalue weighted by molar-refractivity contribution is 0.242. The summed E-state index contributed by atoms with van der Waals surface area (Å²) in [6.07, 6.45) is 2.82. The Bertz CT molecular complexity index is 128. The van der Waals surface area contributed by atoms with Gasteiger partial charge in [-0.05, 0) is 44.3 Å². The Hall–Kier alpha value is -0.0800. The Labute approximate surface area is 68.7 Å². The van der Waals surface area contributed by atoms with Gasteiger partial charge >= 0.3 is 0 Å². The van der Waals surface area contributed by atoms with E-state index in [9.17, 15) is 0 Å². The van der Waals surface area contributed by atoms with Gasteiger partial charge in [-0.2, -0.15) is 0 Å². The topological polar surface area (TPSA) is 24.1 Å². The van der Waals surface area contributed by atoms with Gasteiger partial charge in [0.1, 0.15) is 0 Å². The average molecular weight is 154 g/mol. The molecule has 64 valence electrons. The van der Waals surface area contributed by atoms with Gasteiger partial charge in [0, 0.05) is 6.04 Å². The van der Waals surface area contributed by atoms with Crippen LogP contribution in [0.4, 0.5) is 0 Å². The quantitative estimate of drug-likeness (QED) is 0.619. The number of hydrogen-bond donors (Lipinski definition) is 2. The van der Waals surface area contributed by atoms with Crippen molar-refractivity contribution >= 4 is 0 Å². The predicted molar refractivity (Wildman–Crippen MR) is 46.5 cm³/mol. The van der Waals surface area contributed by atoms with E-state index in [0.717, 1.165) is 17.9 Å². The minimum Gasteiger partial charge on any atom is -0.316 e. The molecule has 2 heteroatoms. The monoisotopic (exact) mass is 154 g/mol. The summed E-state index contributed by atoms with van der Waals surface area (Å²) in [5, 5.41) is 6.90. The van der Waals surface area contributed by atoms with Crippen molar-refractivity contribution in [3.05, 3.63) is 0 Å². The summed E-state index contributed by atoms with van der Waals surface area (Å²) in [6.45, 7) is 6.08. The van der Waals surface area contributed by atoms with Crippen molar-refractivity contribution in [3.8, 4) is 0 Å². The molecule has 1 saturated heterocycles. The maximum Gasteiger partial charge on any atom is 0.00683 e. The van der Waals surface area contributed by atoms with Crippen LogP contribution < -0.4 is 10.6 Å². The van der Waals surface area contributed by atoms with Crippen LogP contribution in [0.1, 0.15) is 19.8 Å². The highest BCUT2D eigenvalue weighted by Crippen LogP contribution is 2.21. The first-order chi connectivity index (χ1) is 5.36. The van der Waals surface area contributed by atoms with Crippen LogP contribution in [0.25, 0.3) is 0 Å². The molecule has 0 spiro atoms. The molecule has 11 heavy (non-hydrogen) atoms. The van der Waals surface area contributed by atoms with Crippen molar-refractivity contribution in [2.45, 2.75) is 25.8 Å². The minimum absolute atomic E-state index is 0.872. The van der Waals surface area contributed by atoms with Gasteiger partial charge < -0.3 is 10.6 Å². The Morgan fingerprint density at radius 1 is 1.45 bits per heavy atom. The number of nitrogens with one attached hydrogen (secondary N) is 2. The minimum atomic E-state index is 0.872. The van der Waals surface area contributed by atoms with Crippen molar-refractivity contribution in [2.24, 2.45) is 11.8 Å². The van der Waals surface area contributed by atoms with Crippen molar-refractivity contribution < 1.29 is 0 Å². The van der Waals surface area contributed by atoms with Gasteiger partial charge in [0.05, 0.1) is 0 Å². The summed E-state index contributed by atoms with van der Waals surface area (Å²) in [5.74, 6) is 1.82. The normalized spacial score (nSPS) is 28.1. The maximum absolute atomic E-state index is 3.58. The van der Waals surface area contributed by atoms with E-state index in [2.05, 4.69) is 17.6 Å². The molecule has 2 rings (SSSR count). The molecule has 2 aliphatic rings. The lowest BCUT2D eigenvalue weighted by Gasteiger charge is -2.32. The van der Waals surface area contributed by atoms with Crippen LogP contribution in [-0.4, -0.2) is 25.7 Å². The number of hydrogen-bond acceptors (Lipinski definition) is 2. The highest BCUT2D eigenvalue weighted by Gasteiger charge is 2.26. The van der Waals surface area contributed by atoms with E-state index in [1.54, 1.807) is 0 Å². The van der Waals surface area contributed by atoms with E-state index in [4.69, 9.17) is 0 Å². The third-order valence-corrected chi connectivity index (χ3v) is 2.92. The molecule has 1 unspecified atom stereocenters. The highest BCUT2D eigenvalue weighted by molar-refractivity contribution is 4.85. The first-order valence-electron chi connectivity index (χ1n) is 4.80. The molecule has 2 N–H and O–H groups in total. The zero-order chi connectivity index (χ0) is 7.68. The van der Waals surface area contributed by atoms with Gasteiger partial charge in [-0.15, -0.1) is 0 Å². The molecule has 1 aliphatic heterocycles. The van der Waals surface area contributed by atoms with E-state index in [1.165, 1.54) is 32.5 Å². The van der Waals surface area contributed by atoms with Gasteiger partial charge in [-0.3, -0.25) is 0 Å². The molecule has 1 aliphatic carbocycles. The smallest absolute Gasteiger partial charge is 0.00683 e. The number of rotatable bonds is 4. The Kier molecular flexibility index (Phi) is 2.14. The standard InChI is InChI=1S/C9H18N2/c1-7(8-5-10-6-8)4-11-9-2-3-9/h7-11H,2-6H2,1H3. The fourth-order valence-electron chi connectivity index (χ4n) is 1.52. The van der Waals surface area contributed by atoms with Crippen LogP contribution in [0.2, 0.25) is 0 Å². The summed E-state index contributed by atoms with van der Waals surface area (Å²) in [6, 6.07) is 0.880. The van der Waals surface area contributed by atoms with Crippen molar-refractivity contribution in [1.29, 1.82) is 0 Å². The fourth-order valence-corrected chi connectivity index (χ4v) is 1.52. The first kappa shape index (κ1) is 7.56. The van der Waals surface area contributed by atoms with Crippen LogP contribution in [0, 0.1) is 11.8 Å². The van der Waals surface area contributed by atoms with E-state index >= 15 is 0 Å². The maximum atomic E-state index is 3.58. The van der Waals surface area contributed by atoms with E-state index in [-0.39, 0.29) is 0 Å². The summed E-state index contributed by atoms with van der Waals surface area (Å²) >= 11 is 0. The molecule has 0 bridgehead atoms. The highest BCUT2D eigenvalue weighted by atomic mass is 15.0. The zero-order valence-corrected chi connectivity index (χ0v) is 7.27. The van der Waals surface area contributed by atoms with E-state index in [0.29, 0.717) is 0 Å². The molecular formula is C9H18N2. The molecule has 2 nitrogen and oxygen atoms in total. The second kappa shape index (κ2) is 3.11. The summed E-state index contributed by atoms with van der Waals surface area (Å²) in [5.41, 5.74) is 0. The SMILES string of the molecule is CC(CNC1CC1)C1CNC1. The molecule has 1 saturated carbocycles. The lowest BCUT2D eigenvalue weighted by atomic mass is 9.89. The average Bonchev–Trinajstić information content (AvgIpc) is 2.61. The first-order valence-corrected chi connectivity index (χ1v) is 4.80. The largest absolute Gasteiger partial charge is 0.316 e. The molecule has 1 heterocycles. The van der Waals surface area contributed by atoms with Gasteiger partial charge in [0.15, 0.2) is 0 Å². The molecule has 0 aromatic heterocycles. The van der Waals surface area contributed by atoms with Crippen molar-refractivity contribution in [3.63, 3.8) is 0 Å². The van der Waals surface area contributed by atoms with E-state index < -0.39 is 0 Å². The van der Waals surface area contributed by atoms with Crippen LogP contribution in [0.5, 0.6) is 0 Å². The third-order valence-electron chi connectivity index (χ3n) is 2.92. The lowest BCUT2D eigenvalue weighted by Crippen LogP contribution is -2.47. The Morgan fingerprint density at radius 3 is 2.64 bits per heavy atom. The summed E-state index contributed by atoms with van der Waals surface area (Å²) < 4.78 is 0. The second-order valence-electron chi connectivity index (χ2n) is 4.08. The Balaban J connectivity index is 1.59. The van der Waals surface area contributed by atoms with Gasteiger partial charge in [0.2, 0.25) is 0 Å². The van der Waals surface area contributed by atoms with Crippen molar-refractivity contribution in [2.75, 3.05) is 19.6 Å². The summed E-state index contributed by atoms with van der Waals surface area (Å²) in [4.78, 5) is 0. The summed E-state index contributed by atoms with van der Waals surface area (Å²) in [7, 11) is 0. The molecule has 1 atom stereocenters. The van der Waals surface area contributed by atoms with Gasteiger partial charge in [-0.25, -0.2) is 0 Å². The molecule has 0 radical (unpaired) electrons. The third kappa shape index (κ3) is 1.94. The molecule has 0 amide bonds.